The Balaban J connectivity index is 1.73. The third-order valence-corrected chi connectivity index (χ3v) is 6.35. The van der Waals surface area contributed by atoms with Crippen molar-refractivity contribution in [1.29, 1.82) is 0 Å². The maximum Gasteiger partial charge on any atom is 0.396 e. The van der Waals surface area contributed by atoms with Gasteiger partial charge >= 0.3 is 23.7 Å². The van der Waals surface area contributed by atoms with Gasteiger partial charge in [0, 0.05) is 27.8 Å². The van der Waals surface area contributed by atoms with Gasteiger partial charge in [0.15, 0.2) is 29.1 Å². The zero-order valence-corrected chi connectivity index (χ0v) is 20.8. The average molecular weight is 535 g/mol. The van der Waals surface area contributed by atoms with Crippen LogP contribution >= 0.6 is 11.8 Å². The van der Waals surface area contributed by atoms with Crippen LogP contribution in [0.3, 0.4) is 0 Å². The highest BCUT2D eigenvalue weighted by Crippen LogP contribution is 2.39. The highest BCUT2D eigenvalue weighted by atomic mass is 32.2. The Bertz CT molecular complexity index is 1370. The van der Waals surface area contributed by atoms with E-state index in [2.05, 4.69) is 20.1 Å². The molecule has 16 nitrogen and oxygen atoms in total. The summed E-state index contributed by atoms with van der Waals surface area (Å²) in [6.07, 6.45) is -0.391. The molecule has 0 unspecified atom stereocenters. The Labute approximate surface area is 212 Å². The van der Waals surface area contributed by atoms with Gasteiger partial charge in [0.2, 0.25) is 6.33 Å². The number of carbonyl (C=O) groups excluding carboxylic acids is 3. The Kier molecular flexibility index (Phi) is 7.35. The minimum Gasteiger partial charge on any atom is -0.463 e. The van der Waals surface area contributed by atoms with E-state index in [4.69, 9.17) is 18.9 Å². The van der Waals surface area contributed by atoms with Crippen molar-refractivity contribution in [2.24, 2.45) is 7.05 Å². The second-order valence-electron chi connectivity index (χ2n) is 7.86. The van der Waals surface area contributed by atoms with E-state index in [0.717, 1.165) is 11.8 Å². The summed E-state index contributed by atoms with van der Waals surface area (Å²) in [7, 11) is 1.61. The smallest absolute Gasteiger partial charge is 0.396 e. The summed E-state index contributed by atoms with van der Waals surface area (Å²) < 4.78 is 24.7. The second kappa shape index (κ2) is 10.5. The number of hydrogen-bond acceptors (Lipinski definition) is 14. The van der Waals surface area contributed by atoms with Crippen molar-refractivity contribution < 1.29 is 38.3 Å². The molecule has 4 rings (SSSR count). The summed E-state index contributed by atoms with van der Waals surface area (Å²) in [5.41, 5.74) is 0.249. The molecule has 0 aromatic carbocycles. The lowest BCUT2D eigenvalue weighted by atomic mass is 10.1. The first-order valence-electron chi connectivity index (χ1n) is 10.7. The normalized spacial score (nSPS) is 21.1. The number of imidazole rings is 1. The van der Waals surface area contributed by atoms with Crippen LogP contribution in [0.1, 0.15) is 27.0 Å². The molecule has 37 heavy (non-hydrogen) atoms. The topological polar surface area (TPSA) is 193 Å². The summed E-state index contributed by atoms with van der Waals surface area (Å²) in [5, 5.41) is 16.7. The van der Waals surface area contributed by atoms with E-state index < -0.39 is 47.4 Å². The van der Waals surface area contributed by atoms with Crippen LogP contribution < -0.4 is 0 Å². The number of aryl methyl sites for hydroxylation is 1. The molecule has 196 valence electrons. The Hall–Kier alpha value is -4.12. The molecule has 17 heteroatoms. The van der Waals surface area contributed by atoms with E-state index in [1.807, 2.05) is 0 Å². The van der Waals surface area contributed by atoms with E-state index in [1.54, 1.807) is 7.05 Å². The summed E-state index contributed by atoms with van der Waals surface area (Å²) in [5.74, 6) is -2.25. The zero-order chi connectivity index (χ0) is 26.9. The molecule has 0 aliphatic carbocycles. The van der Waals surface area contributed by atoms with Gasteiger partial charge in [-0.1, -0.05) is 0 Å². The molecule has 4 heterocycles. The Morgan fingerprint density at radius 1 is 1.11 bits per heavy atom. The van der Waals surface area contributed by atoms with Gasteiger partial charge in [0.1, 0.15) is 24.1 Å². The van der Waals surface area contributed by atoms with Gasteiger partial charge in [-0.05, 0) is 21.7 Å². The van der Waals surface area contributed by atoms with Crippen LogP contribution in [0.4, 0.5) is 5.82 Å². The molecular formula is C20H21N7O9S. The van der Waals surface area contributed by atoms with Crippen molar-refractivity contribution in [2.45, 2.75) is 55.4 Å². The van der Waals surface area contributed by atoms with E-state index >= 15 is 0 Å². The average Bonchev–Trinajstić information content (AvgIpc) is 3.49. The number of fused-ring (bicyclic) bond motifs is 1. The molecule has 0 spiro atoms. The summed E-state index contributed by atoms with van der Waals surface area (Å²) in [6, 6.07) is 0. The Morgan fingerprint density at radius 2 is 1.81 bits per heavy atom. The van der Waals surface area contributed by atoms with Gasteiger partial charge in [-0.15, -0.1) is 0 Å². The van der Waals surface area contributed by atoms with Crippen LogP contribution in [0.2, 0.25) is 0 Å². The summed E-state index contributed by atoms with van der Waals surface area (Å²) in [4.78, 5) is 58.1. The maximum absolute atomic E-state index is 11.9. The first-order chi connectivity index (χ1) is 17.6. The van der Waals surface area contributed by atoms with Gasteiger partial charge in [-0.25, -0.2) is 14.6 Å². The fraction of sp³-hybridized carbons (Fsp3) is 0.450. The number of nitro groups is 1. The van der Waals surface area contributed by atoms with Gasteiger partial charge < -0.3 is 33.6 Å². The van der Waals surface area contributed by atoms with Crippen LogP contribution in [0.25, 0.3) is 11.0 Å². The Morgan fingerprint density at radius 3 is 2.46 bits per heavy atom. The van der Waals surface area contributed by atoms with Gasteiger partial charge in [-0.2, -0.15) is 5.10 Å². The number of esters is 3. The first-order valence-corrected chi connectivity index (χ1v) is 11.5. The SMILES string of the molecule is CC(=O)OC[C@@H]1O[C@@H](n2ncc3c(Sc4c([N+](=O)[O-])ncn4C)ncnc32)[C@@H](OC(C)=O)[C@H]1OC(C)=O. The van der Waals surface area contributed by atoms with E-state index in [9.17, 15) is 24.5 Å². The lowest BCUT2D eigenvalue weighted by Crippen LogP contribution is -2.40. The molecule has 0 radical (unpaired) electrons. The number of carbonyl (C=O) groups is 3. The predicted molar refractivity (Wildman–Crippen MR) is 121 cm³/mol. The third-order valence-electron chi connectivity index (χ3n) is 5.17. The molecule has 0 bridgehead atoms. The third kappa shape index (κ3) is 5.36. The van der Waals surface area contributed by atoms with Crippen molar-refractivity contribution >= 4 is 46.5 Å². The van der Waals surface area contributed by atoms with Crippen molar-refractivity contribution in [2.75, 3.05) is 6.61 Å². The van der Waals surface area contributed by atoms with Gasteiger partial charge in [0.05, 0.1) is 11.6 Å². The number of rotatable bonds is 8. The molecule has 1 aliphatic rings. The molecule has 0 amide bonds. The highest BCUT2D eigenvalue weighted by molar-refractivity contribution is 7.99. The predicted octanol–water partition coefficient (Wildman–Crippen LogP) is 0.943. The minimum atomic E-state index is -1.16. The second-order valence-corrected chi connectivity index (χ2v) is 8.84. The van der Waals surface area contributed by atoms with Crippen LogP contribution in [-0.2, 0) is 40.4 Å². The summed E-state index contributed by atoms with van der Waals surface area (Å²) >= 11 is 0.995. The highest BCUT2D eigenvalue weighted by Gasteiger charge is 2.51. The lowest BCUT2D eigenvalue weighted by Gasteiger charge is -2.23. The van der Waals surface area contributed by atoms with Crippen LogP contribution in [-0.4, -0.2) is 77.0 Å². The fourth-order valence-corrected chi connectivity index (χ4v) is 4.69. The zero-order valence-electron chi connectivity index (χ0n) is 20.0. The lowest BCUT2D eigenvalue weighted by molar-refractivity contribution is -0.392. The molecule has 0 saturated carbocycles. The number of aromatic nitrogens is 6. The van der Waals surface area contributed by atoms with Gasteiger partial charge in [-0.3, -0.25) is 14.4 Å². The molecule has 1 aliphatic heterocycles. The number of nitrogens with zero attached hydrogens (tertiary/aromatic N) is 7. The number of ether oxygens (including phenoxy) is 4. The van der Waals surface area contributed by atoms with E-state index in [1.165, 1.54) is 48.9 Å². The maximum atomic E-state index is 11.9. The standard InChI is InChI=1S/C20H21N7O9S/c1-9(28)33-6-13-14(34-10(2)29)15(35-11(3)30)19(36-13)26-16-12(5-24-26)18(22-7-21-16)37-20-17(27(31)32)23-8-25(20)4/h5,7-8,13-15,19H,6H2,1-4H3/t13-,14-,15-,19+/m0/s1. The summed E-state index contributed by atoms with van der Waals surface area (Å²) in [6.45, 7) is 3.29. The molecule has 1 fully saturated rings. The quantitative estimate of drug-likeness (QED) is 0.130. The van der Waals surface area contributed by atoms with Crippen LogP contribution in [0.15, 0.2) is 28.9 Å². The van der Waals surface area contributed by atoms with Gasteiger partial charge in [0.25, 0.3) is 0 Å². The van der Waals surface area contributed by atoms with Crippen molar-refractivity contribution in [3.63, 3.8) is 0 Å². The molecule has 3 aromatic heterocycles. The monoisotopic (exact) mass is 535 g/mol. The van der Waals surface area contributed by atoms with Crippen molar-refractivity contribution in [3.8, 4) is 0 Å². The molecular weight excluding hydrogens is 514 g/mol. The largest absolute Gasteiger partial charge is 0.463 e. The molecule has 1 saturated heterocycles. The van der Waals surface area contributed by atoms with Crippen molar-refractivity contribution in [1.82, 2.24) is 29.3 Å². The molecule has 4 atom stereocenters. The first kappa shape index (κ1) is 26.0. The van der Waals surface area contributed by atoms with Crippen LogP contribution in [0, 0.1) is 10.1 Å². The van der Waals surface area contributed by atoms with E-state index in [-0.39, 0.29) is 23.1 Å². The molecule has 3 aromatic rings. The number of hydrogen-bond donors (Lipinski definition) is 0. The van der Waals surface area contributed by atoms with E-state index in [0.29, 0.717) is 10.4 Å². The minimum absolute atomic E-state index is 0.240. The molecule has 0 N–H and O–H groups in total. The van der Waals surface area contributed by atoms with Crippen molar-refractivity contribution in [3.05, 3.63) is 29.0 Å². The van der Waals surface area contributed by atoms with Crippen LogP contribution in [0.5, 0.6) is 0 Å². The fourth-order valence-electron chi connectivity index (χ4n) is 3.74.